The van der Waals surface area contributed by atoms with E-state index in [2.05, 4.69) is 22.3 Å². The molecule has 1 N–H and O–H groups in total. The van der Waals surface area contributed by atoms with E-state index in [1.165, 1.54) is 5.56 Å². The number of carbonyl (C=O) groups excluding carboxylic acids is 2. The molecule has 0 unspecified atom stereocenters. The topological polar surface area (TPSA) is 49.4 Å². The highest BCUT2D eigenvalue weighted by atomic mass is 16.2. The lowest BCUT2D eigenvalue weighted by Crippen LogP contribution is -2.24. The minimum absolute atomic E-state index is 0.0944. The third-order valence-corrected chi connectivity index (χ3v) is 4.74. The lowest BCUT2D eigenvalue weighted by Gasteiger charge is -2.12. The molecule has 2 aromatic carbocycles. The van der Waals surface area contributed by atoms with Gasteiger partial charge in [-0.05, 0) is 42.8 Å². The Kier molecular flexibility index (Phi) is 6.20. The predicted octanol–water partition coefficient (Wildman–Crippen LogP) is 3.57. The molecule has 0 spiro atoms. The molecule has 140 valence electrons. The quantitative estimate of drug-likeness (QED) is 0.819. The SMILES string of the molecule is CN(C)Cc1cccc(CNC(=O)CC2=C(c3ccccc3)CCC2=O)c1. The molecule has 0 radical (unpaired) electrons. The number of rotatable bonds is 7. The van der Waals surface area contributed by atoms with Crippen LogP contribution in [0.5, 0.6) is 0 Å². The number of carbonyl (C=O) groups is 2. The van der Waals surface area contributed by atoms with Gasteiger partial charge < -0.3 is 10.2 Å². The zero-order valence-corrected chi connectivity index (χ0v) is 16.0. The summed E-state index contributed by atoms with van der Waals surface area (Å²) in [6, 6.07) is 18.1. The number of nitrogens with zero attached hydrogens (tertiary/aromatic N) is 1. The number of Topliss-reactive ketones (excluding diaryl/α,β-unsaturated/α-hetero) is 1. The van der Waals surface area contributed by atoms with Crippen molar-refractivity contribution in [1.82, 2.24) is 10.2 Å². The Bertz CT molecular complexity index is 854. The molecule has 0 aromatic heterocycles. The molecule has 1 amide bonds. The molecule has 1 aliphatic carbocycles. The number of amides is 1. The van der Waals surface area contributed by atoms with Crippen LogP contribution in [0.15, 0.2) is 60.2 Å². The summed E-state index contributed by atoms with van der Waals surface area (Å²) in [4.78, 5) is 26.8. The van der Waals surface area contributed by atoms with Crippen molar-refractivity contribution in [1.29, 1.82) is 0 Å². The summed E-state index contributed by atoms with van der Waals surface area (Å²) in [6.45, 7) is 1.34. The van der Waals surface area contributed by atoms with Crippen molar-refractivity contribution < 1.29 is 9.59 Å². The molecule has 2 aromatic rings. The largest absolute Gasteiger partial charge is 0.352 e. The number of allylic oxidation sites excluding steroid dienone is 1. The maximum Gasteiger partial charge on any atom is 0.224 e. The van der Waals surface area contributed by atoms with Gasteiger partial charge in [0.1, 0.15) is 0 Å². The van der Waals surface area contributed by atoms with Crippen LogP contribution < -0.4 is 5.32 Å². The van der Waals surface area contributed by atoms with Crippen LogP contribution in [0.25, 0.3) is 5.57 Å². The van der Waals surface area contributed by atoms with E-state index in [0.717, 1.165) is 29.7 Å². The Morgan fingerprint density at radius 1 is 1.00 bits per heavy atom. The fourth-order valence-corrected chi connectivity index (χ4v) is 3.50. The van der Waals surface area contributed by atoms with Gasteiger partial charge in [-0.25, -0.2) is 0 Å². The minimum Gasteiger partial charge on any atom is -0.352 e. The summed E-state index contributed by atoms with van der Waals surface area (Å²) < 4.78 is 0. The van der Waals surface area contributed by atoms with Gasteiger partial charge in [0.25, 0.3) is 0 Å². The predicted molar refractivity (Wildman–Crippen MR) is 108 cm³/mol. The van der Waals surface area contributed by atoms with Gasteiger partial charge in [0, 0.05) is 25.1 Å². The van der Waals surface area contributed by atoms with E-state index in [4.69, 9.17) is 0 Å². The van der Waals surface area contributed by atoms with E-state index in [9.17, 15) is 9.59 Å². The normalized spacial score (nSPS) is 14.1. The molecule has 3 rings (SSSR count). The molecule has 0 atom stereocenters. The highest BCUT2D eigenvalue weighted by Gasteiger charge is 2.25. The van der Waals surface area contributed by atoms with Gasteiger partial charge in [-0.1, -0.05) is 54.6 Å². The van der Waals surface area contributed by atoms with Crippen LogP contribution in [0.3, 0.4) is 0 Å². The average Bonchev–Trinajstić information content (AvgIpc) is 3.01. The van der Waals surface area contributed by atoms with Crippen LogP contribution in [0, 0.1) is 0 Å². The van der Waals surface area contributed by atoms with E-state index in [1.807, 2.05) is 56.6 Å². The summed E-state index contributed by atoms with van der Waals surface area (Å²) in [7, 11) is 4.07. The standard InChI is InChI=1S/C23H26N2O2/c1-25(2)16-18-8-6-7-17(13-18)15-24-23(27)14-21-20(11-12-22(21)26)19-9-4-3-5-10-19/h3-10,13H,11-12,14-16H2,1-2H3,(H,24,27). The van der Waals surface area contributed by atoms with E-state index in [0.29, 0.717) is 18.5 Å². The Labute approximate surface area is 160 Å². The Morgan fingerprint density at radius 3 is 2.48 bits per heavy atom. The maximum absolute atomic E-state index is 12.5. The fraction of sp³-hybridized carbons (Fsp3) is 0.304. The van der Waals surface area contributed by atoms with Crippen LogP contribution in [0.4, 0.5) is 0 Å². The third kappa shape index (κ3) is 5.14. The second-order valence-corrected chi connectivity index (χ2v) is 7.26. The lowest BCUT2D eigenvalue weighted by molar-refractivity contribution is -0.122. The molecule has 4 heteroatoms. The third-order valence-electron chi connectivity index (χ3n) is 4.74. The van der Waals surface area contributed by atoms with Crippen LogP contribution in [-0.2, 0) is 22.7 Å². The van der Waals surface area contributed by atoms with Gasteiger partial charge in [0.05, 0.1) is 6.42 Å². The van der Waals surface area contributed by atoms with Gasteiger partial charge in [0.2, 0.25) is 5.91 Å². The smallest absolute Gasteiger partial charge is 0.224 e. The monoisotopic (exact) mass is 362 g/mol. The molecule has 0 saturated heterocycles. The van der Waals surface area contributed by atoms with Crippen molar-refractivity contribution in [2.45, 2.75) is 32.4 Å². The Balaban J connectivity index is 1.64. The van der Waals surface area contributed by atoms with Gasteiger partial charge in [-0.15, -0.1) is 0 Å². The molecule has 0 bridgehead atoms. The number of ketones is 1. The highest BCUT2D eigenvalue weighted by Crippen LogP contribution is 2.33. The van der Waals surface area contributed by atoms with E-state index < -0.39 is 0 Å². The van der Waals surface area contributed by atoms with E-state index >= 15 is 0 Å². The van der Waals surface area contributed by atoms with Crippen LogP contribution in [-0.4, -0.2) is 30.7 Å². The number of benzene rings is 2. The first-order valence-electron chi connectivity index (χ1n) is 9.33. The Hall–Kier alpha value is -2.72. The van der Waals surface area contributed by atoms with Crippen LogP contribution in [0.1, 0.15) is 36.0 Å². The molecule has 0 fully saturated rings. The summed E-state index contributed by atoms with van der Waals surface area (Å²) in [5.41, 5.74) is 5.01. The van der Waals surface area contributed by atoms with Crippen LogP contribution >= 0.6 is 0 Å². The van der Waals surface area contributed by atoms with Crippen molar-refractivity contribution in [3.8, 4) is 0 Å². The minimum atomic E-state index is -0.105. The molecule has 0 heterocycles. The van der Waals surface area contributed by atoms with Gasteiger partial charge in [-0.3, -0.25) is 9.59 Å². The first kappa shape index (κ1) is 19.1. The molecular formula is C23H26N2O2. The van der Waals surface area contributed by atoms with Crippen molar-refractivity contribution in [3.63, 3.8) is 0 Å². The first-order valence-corrected chi connectivity index (χ1v) is 9.33. The van der Waals surface area contributed by atoms with E-state index in [1.54, 1.807) is 0 Å². The molecule has 0 saturated carbocycles. The van der Waals surface area contributed by atoms with Crippen molar-refractivity contribution in [2.75, 3.05) is 14.1 Å². The highest BCUT2D eigenvalue weighted by molar-refractivity contribution is 6.10. The van der Waals surface area contributed by atoms with Crippen molar-refractivity contribution in [3.05, 3.63) is 76.9 Å². The van der Waals surface area contributed by atoms with Crippen molar-refractivity contribution in [2.24, 2.45) is 0 Å². The summed E-state index contributed by atoms with van der Waals surface area (Å²) in [5, 5.41) is 2.96. The van der Waals surface area contributed by atoms with Gasteiger partial charge in [-0.2, -0.15) is 0 Å². The lowest BCUT2D eigenvalue weighted by atomic mass is 10.00. The average molecular weight is 362 g/mol. The van der Waals surface area contributed by atoms with Gasteiger partial charge >= 0.3 is 0 Å². The van der Waals surface area contributed by atoms with Gasteiger partial charge in [0.15, 0.2) is 5.78 Å². The second-order valence-electron chi connectivity index (χ2n) is 7.26. The number of nitrogens with one attached hydrogen (secondary N) is 1. The zero-order chi connectivity index (χ0) is 19.2. The second kappa shape index (κ2) is 8.78. The summed E-state index contributed by atoms with van der Waals surface area (Å²) in [5.74, 6) is -0.0105. The molecule has 1 aliphatic rings. The first-order chi connectivity index (χ1) is 13.0. The molecular weight excluding hydrogens is 336 g/mol. The number of hydrogen-bond donors (Lipinski definition) is 1. The maximum atomic E-state index is 12.5. The van der Waals surface area contributed by atoms with Crippen molar-refractivity contribution >= 4 is 17.3 Å². The molecule has 27 heavy (non-hydrogen) atoms. The number of hydrogen-bond acceptors (Lipinski definition) is 3. The van der Waals surface area contributed by atoms with E-state index in [-0.39, 0.29) is 18.1 Å². The van der Waals surface area contributed by atoms with Crippen LogP contribution in [0.2, 0.25) is 0 Å². The molecule has 4 nitrogen and oxygen atoms in total. The summed E-state index contributed by atoms with van der Waals surface area (Å²) >= 11 is 0. The summed E-state index contributed by atoms with van der Waals surface area (Å²) in [6.07, 6.45) is 1.37. The fourth-order valence-electron chi connectivity index (χ4n) is 3.50. The zero-order valence-electron chi connectivity index (χ0n) is 16.0. The Morgan fingerprint density at radius 2 is 1.74 bits per heavy atom. The molecule has 0 aliphatic heterocycles.